The summed E-state index contributed by atoms with van der Waals surface area (Å²) in [5.74, 6) is 0.365. The van der Waals surface area contributed by atoms with Gasteiger partial charge in [-0.2, -0.15) is 0 Å². The van der Waals surface area contributed by atoms with Crippen LogP contribution in [0.4, 0.5) is 4.79 Å². The first-order valence-electron chi connectivity index (χ1n) is 7.18. The number of hydrogen-bond acceptors (Lipinski definition) is 5. The predicted molar refractivity (Wildman–Crippen MR) is 77.1 cm³/mol. The van der Waals surface area contributed by atoms with E-state index in [1.54, 1.807) is 6.20 Å². The number of carbonyl (C=O) groups excluding carboxylic acids is 2. The SMILES string of the molecule is CCC(NC(=O)CN1CCOC1=O)c1cn2cccnc2n1. The number of nitrogens with one attached hydrogen (secondary N) is 1. The highest BCUT2D eigenvalue weighted by molar-refractivity contribution is 5.83. The highest BCUT2D eigenvalue weighted by atomic mass is 16.6. The van der Waals surface area contributed by atoms with E-state index in [0.29, 0.717) is 25.4 Å². The molecule has 2 amide bonds. The van der Waals surface area contributed by atoms with E-state index in [4.69, 9.17) is 4.74 Å². The van der Waals surface area contributed by atoms with Crippen LogP contribution in [0.3, 0.4) is 0 Å². The van der Waals surface area contributed by atoms with Gasteiger partial charge in [0.05, 0.1) is 18.3 Å². The van der Waals surface area contributed by atoms with Crippen LogP contribution >= 0.6 is 0 Å². The maximum Gasteiger partial charge on any atom is 0.410 e. The summed E-state index contributed by atoms with van der Waals surface area (Å²) in [6, 6.07) is 1.60. The Hall–Kier alpha value is -2.64. The van der Waals surface area contributed by atoms with E-state index >= 15 is 0 Å². The third-order valence-electron chi connectivity index (χ3n) is 3.53. The zero-order valence-corrected chi connectivity index (χ0v) is 12.2. The van der Waals surface area contributed by atoms with Crippen molar-refractivity contribution in [2.24, 2.45) is 0 Å². The summed E-state index contributed by atoms with van der Waals surface area (Å²) >= 11 is 0. The van der Waals surface area contributed by atoms with Crippen molar-refractivity contribution in [3.63, 3.8) is 0 Å². The molecule has 116 valence electrons. The number of hydrogen-bond donors (Lipinski definition) is 1. The molecule has 0 bridgehead atoms. The molecule has 0 aliphatic carbocycles. The molecular formula is C14H17N5O3. The van der Waals surface area contributed by atoms with Gasteiger partial charge >= 0.3 is 6.09 Å². The number of rotatable bonds is 5. The van der Waals surface area contributed by atoms with Crippen LogP contribution in [0.1, 0.15) is 25.1 Å². The van der Waals surface area contributed by atoms with Gasteiger partial charge in [0.15, 0.2) is 0 Å². The minimum absolute atomic E-state index is 0.000947. The molecule has 1 unspecified atom stereocenters. The Morgan fingerprint density at radius 3 is 3.09 bits per heavy atom. The second-order valence-corrected chi connectivity index (χ2v) is 5.06. The Morgan fingerprint density at radius 1 is 1.55 bits per heavy atom. The fourth-order valence-corrected chi connectivity index (χ4v) is 2.38. The molecule has 1 aliphatic rings. The molecular weight excluding hydrogens is 286 g/mol. The van der Waals surface area contributed by atoms with E-state index in [-0.39, 0.29) is 18.5 Å². The third-order valence-corrected chi connectivity index (χ3v) is 3.53. The normalized spacial score (nSPS) is 15.9. The first kappa shape index (κ1) is 14.3. The van der Waals surface area contributed by atoms with Gasteiger partial charge in [0.25, 0.3) is 0 Å². The van der Waals surface area contributed by atoms with Crippen molar-refractivity contribution >= 4 is 17.8 Å². The maximum absolute atomic E-state index is 12.1. The quantitative estimate of drug-likeness (QED) is 0.880. The fraction of sp³-hybridized carbons (Fsp3) is 0.429. The summed E-state index contributed by atoms with van der Waals surface area (Å²) in [5, 5.41) is 2.90. The van der Waals surface area contributed by atoms with Crippen LogP contribution < -0.4 is 5.32 Å². The van der Waals surface area contributed by atoms with E-state index in [1.165, 1.54) is 4.90 Å². The van der Waals surface area contributed by atoms with Crippen molar-refractivity contribution in [1.29, 1.82) is 0 Å². The molecule has 0 radical (unpaired) electrons. The highest BCUT2D eigenvalue weighted by Crippen LogP contribution is 2.16. The number of cyclic esters (lactones) is 1. The standard InChI is InChI=1S/C14H17N5O3/c1-2-10(11-8-18-5-3-4-15-13(18)17-11)16-12(20)9-19-6-7-22-14(19)21/h3-5,8,10H,2,6-7,9H2,1H3,(H,16,20). The number of amides is 2. The minimum Gasteiger partial charge on any atom is -0.448 e. The molecule has 1 fully saturated rings. The second-order valence-electron chi connectivity index (χ2n) is 5.06. The Labute approximate surface area is 127 Å². The molecule has 3 heterocycles. The number of nitrogens with zero attached hydrogens (tertiary/aromatic N) is 4. The van der Waals surface area contributed by atoms with Crippen LogP contribution in [0.5, 0.6) is 0 Å². The summed E-state index contributed by atoms with van der Waals surface area (Å²) in [4.78, 5) is 33.4. The van der Waals surface area contributed by atoms with Gasteiger partial charge in [-0.05, 0) is 12.5 Å². The molecule has 8 nitrogen and oxygen atoms in total. The number of ether oxygens (including phenoxy) is 1. The van der Waals surface area contributed by atoms with Crippen LogP contribution in [-0.4, -0.2) is 51.0 Å². The van der Waals surface area contributed by atoms with Gasteiger partial charge in [-0.3, -0.25) is 14.1 Å². The molecule has 8 heteroatoms. The molecule has 0 aromatic carbocycles. The topological polar surface area (TPSA) is 88.8 Å². The average Bonchev–Trinajstić information content (AvgIpc) is 3.11. The number of fused-ring (bicyclic) bond motifs is 1. The van der Waals surface area contributed by atoms with Crippen LogP contribution in [0.15, 0.2) is 24.7 Å². The lowest BCUT2D eigenvalue weighted by Crippen LogP contribution is -2.39. The maximum atomic E-state index is 12.1. The Bertz CT molecular complexity index is 666. The second kappa shape index (κ2) is 6.00. The molecule has 3 rings (SSSR count). The van der Waals surface area contributed by atoms with Crippen LogP contribution in [0.2, 0.25) is 0 Å². The zero-order valence-electron chi connectivity index (χ0n) is 12.2. The van der Waals surface area contributed by atoms with Crippen molar-refractivity contribution < 1.29 is 14.3 Å². The van der Waals surface area contributed by atoms with Crippen LogP contribution in [0, 0.1) is 0 Å². The van der Waals surface area contributed by atoms with Gasteiger partial charge in [0, 0.05) is 18.6 Å². The number of imidazole rings is 1. The van der Waals surface area contributed by atoms with Gasteiger partial charge in [-0.25, -0.2) is 14.8 Å². The molecule has 0 spiro atoms. The summed E-state index contributed by atoms with van der Waals surface area (Å²) in [7, 11) is 0. The summed E-state index contributed by atoms with van der Waals surface area (Å²) in [6.07, 6.45) is 5.62. The third kappa shape index (κ3) is 2.85. The lowest BCUT2D eigenvalue weighted by Gasteiger charge is -2.17. The zero-order chi connectivity index (χ0) is 15.5. The smallest absolute Gasteiger partial charge is 0.410 e. The predicted octanol–water partition coefficient (Wildman–Crippen LogP) is 0.749. The lowest BCUT2D eigenvalue weighted by atomic mass is 10.1. The van der Waals surface area contributed by atoms with E-state index in [2.05, 4.69) is 15.3 Å². The molecule has 2 aromatic rings. The fourth-order valence-electron chi connectivity index (χ4n) is 2.38. The molecule has 1 saturated heterocycles. The van der Waals surface area contributed by atoms with Gasteiger partial charge < -0.3 is 10.1 Å². The average molecular weight is 303 g/mol. The monoisotopic (exact) mass is 303 g/mol. The molecule has 1 atom stereocenters. The summed E-state index contributed by atoms with van der Waals surface area (Å²) in [5.41, 5.74) is 0.749. The van der Waals surface area contributed by atoms with Crippen molar-refractivity contribution in [2.75, 3.05) is 19.7 Å². The van der Waals surface area contributed by atoms with E-state index < -0.39 is 6.09 Å². The molecule has 1 N–H and O–H groups in total. The lowest BCUT2D eigenvalue weighted by molar-refractivity contribution is -0.122. The molecule has 2 aromatic heterocycles. The highest BCUT2D eigenvalue weighted by Gasteiger charge is 2.25. The van der Waals surface area contributed by atoms with Crippen molar-refractivity contribution in [1.82, 2.24) is 24.6 Å². The van der Waals surface area contributed by atoms with E-state index in [9.17, 15) is 9.59 Å². The van der Waals surface area contributed by atoms with Crippen molar-refractivity contribution in [3.8, 4) is 0 Å². The molecule has 22 heavy (non-hydrogen) atoms. The Kier molecular flexibility index (Phi) is 3.90. The Balaban J connectivity index is 1.68. The summed E-state index contributed by atoms with van der Waals surface area (Å²) in [6.45, 7) is 2.75. The summed E-state index contributed by atoms with van der Waals surface area (Å²) < 4.78 is 6.61. The van der Waals surface area contributed by atoms with Gasteiger partial charge in [-0.1, -0.05) is 6.92 Å². The molecule has 0 saturated carbocycles. The first-order chi connectivity index (χ1) is 10.7. The van der Waals surface area contributed by atoms with Gasteiger partial charge in [0.2, 0.25) is 11.7 Å². The minimum atomic E-state index is -0.444. The molecule has 1 aliphatic heterocycles. The first-order valence-corrected chi connectivity index (χ1v) is 7.18. The largest absolute Gasteiger partial charge is 0.448 e. The van der Waals surface area contributed by atoms with Crippen molar-refractivity contribution in [2.45, 2.75) is 19.4 Å². The van der Waals surface area contributed by atoms with Gasteiger partial charge in [0.1, 0.15) is 13.2 Å². The van der Waals surface area contributed by atoms with Crippen LogP contribution in [-0.2, 0) is 9.53 Å². The number of carbonyl (C=O) groups is 2. The van der Waals surface area contributed by atoms with E-state index in [1.807, 2.05) is 29.8 Å². The Morgan fingerprint density at radius 2 is 2.41 bits per heavy atom. The van der Waals surface area contributed by atoms with E-state index in [0.717, 1.165) is 5.69 Å². The van der Waals surface area contributed by atoms with Crippen molar-refractivity contribution in [3.05, 3.63) is 30.4 Å². The van der Waals surface area contributed by atoms with Crippen LogP contribution in [0.25, 0.3) is 5.78 Å². The van der Waals surface area contributed by atoms with Gasteiger partial charge in [-0.15, -0.1) is 0 Å². The number of aromatic nitrogens is 3.